The predicted molar refractivity (Wildman–Crippen MR) is 101 cm³/mol. The van der Waals surface area contributed by atoms with Gasteiger partial charge in [0.05, 0.1) is 12.8 Å². The van der Waals surface area contributed by atoms with Crippen molar-refractivity contribution >= 4 is 17.2 Å². The van der Waals surface area contributed by atoms with Crippen molar-refractivity contribution in [2.24, 2.45) is 10.1 Å². The molecule has 1 N–H and O–H groups in total. The zero-order valence-electron chi connectivity index (χ0n) is 14.1. The van der Waals surface area contributed by atoms with Gasteiger partial charge in [-0.2, -0.15) is 5.10 Å². The number of benzene rings is 3. The van der Waals surface area contributed by atoms with Crippen molar-refractivity contribution in [3.8, 4) is 5.75 Å². The predicted octanol–water partition coefficient (Wildman–Crippen LogP) is 4.27. The quantitative estimate of drug-likeness (QED) is 0.771. The highest BCUT2D eigenvalue weighted by atomic mass is 19.1. The van der Waals surface area contributed by atoms with E-state index in [1.165, 1.54) is 12.1 Å². The lowest BCUT2D eigenvalue weighted by Gasteiger charge is -2.07. The Bertz CT molecular complexity index is 996. The number of hydrogen-bond donors (Lipinski definition) is 1. The lowest BCUT2D eigenvalue weighted by atomic mass is 10.0. The molecule has 0 atom stereocenters. The Labute approximate surface area is 150 Å². The van der Waals surface area contributed by atoms with Gasteiger partial charge in [0, 0.05) is 16.7 Å². The van der Waals surface area contributed by atoms with Crippen LogP contribution < -0.4 is 10.2 Å². The molecule has 0 radical (unpaired) electrons. The molecule has 1 aliphatic heterocycles. The monoisotopic (exact) mass is 345 g/mol. The number of rotatable bonds is 3. The zero-order chi connectivity index (χ0) is 17.9. The van der Waals surface area contributed by atoms with Crippen LogP contribution >= 0.6 is 0 Å². The molecule has 0 aromatic heterocycles. The largest absolute Gasteiger partial charge is 0.497 e. The summed E-state index contributed by atoms with van der Waals surface area (Å²) in [6.07, 6.45) is 0. The minimum absolute atomic E-state index is 0.324. The van der Waals surface area contributed by atoms with Gasteiger partial charge in [-0.25, -0.2) is 9.38 Å². The second kappa shape index (κ2) is 6.80. The third-order valence-electron chi connectivity index (χ3n) is 4.13. The van der Waals surface area contributed by atoms with Crippen LogP contribution in [0.3, 0.4) is 0 Å². The van der Waals surface area contributed by atoms with Crippen LogP contribution in [0.2, 0.25) is 0 Å². The Hall–Kier alpha value is -3.47. The molecule has 3 aromatic rings. The SMILES string of the molecule is COc1ccc(C2=Nc3ccc(F)cc3C(c3ccccc3)=NN2)cc1. The minimum Gasteiger partial charge on any atom is -0.497 e. The third kappa shape index (κ3) is 3.07. The van der Waals surface area contributed by atoms with E-state index in [2.05, 4.69) is 15.5 Å². The maximum absolute atomic E-state index is 13.9. The number of halogens is 1. The van der Waals surface area contributed by atoms with E-state index in [4.69, 9.17) is 4.74 Å². The molecule has 1 aliphatic rings. The first-order valence-electron chi connectivity index (χ1n) is 8.17. The van der Waals surface area contributed by atoms with E-state index in [-0.39, 0.29) is 5.82 Å². The molecule has 0 spiro atoms. The average Bonchev–Trinajstić information content (AvgIpc) is 2.88. The molecule has 0 saturated heterocycles. The minimum atomic E-state index is -0.324. The molecule has 0 amide bonds. The van der Waals surface area contributed by atoms with Gasteiger partial charge in [0.25, 0.3) is 0 Å². The lowest BCUT2D eigenvalue weighted by Crippen LogP contribution is -2.19. The molecule has 0 aliphatic carbocycles. The number of nitrogens with one attached hydrogen (secondary N) is 1. The number of ether oxygens (including phenoxy) is 1. The van der Waals surface area contributed by atoms with Crippen LogP contribution in [0.15, 0.2) is 82.9 Å². The number of hydrogen-bond acceptors (Lipinski definition) is 4. The molecule has 1 heterocycles. The summed E-state index contributed by atoms with van der Waals surface area (Å²) in [5, 5.41) is 4.51. The Morgan fingerprint density at radius 2 is 1.65 bits per heavy atom. The number of aliphatic imine (C=N–C) groups is 1. The number of fused-ring (bicyclic) bond motifs is 1. The Morgan fingerprint density at radius 1 is 0.885 bits per heavy atom. The number of nitrogens with zero attached hydrogens (tertiary/aromatic N) is 2. The van der Waals surface area contributed by atoms with E-state index < -0.39 is 0 Å². The molecular weight excluding hydrogens is 329 g/mol. The molecule has 4 nitrogen and oxygen atoms in total. The summed E-state index contributed by atoms with van der Waals surface area (Å²) in [6.45, 7) is 0. The molecular formula is C21H16FN3O. The number of methoxy groups -OCH3 is 1. The first-order chi connectivity index (χ1) is 12.7. The zero-order valence-corrected chi connectivity index (χ0v) is 14.1. The van der Waals surface area contributed by atoms with Gasteiger partial charge in [-0.1, -0.05) is 30.3 Å². The van der Waals surface area contributed by atoms with Gasteiger partial charge >= 0.3 is 0 Å². The van der Waals surface area contributed by atoms with Crippen molar-refractivity contribution in [3.05, 3.63) is 95.3 Å². The van der Waals surface area contributed by atoms with Crippen LogP contribution in [0.1, 0.15) is 16.7 Å². The van der Waals surface area contributed by atoms with E-state index in [0.29, 0.717) is 22.8 Å². The first-order valence-corrected chi connectivity index (χ1v) is 8.17. The standard InChI is InChI=1S/C21H16FN3O/c1-26-17-10-7-15(8-11-17)21-23-19-12-9-16(22)13-18(19)20(24-25-21)14-5-3-2-4-6-14/h2-13H,1H3,(H,23,25). The van der Waals surface area contributed by atoms with E-state index in [1.807, 2.05) is 54.6 Å². The average molecular weight is 345 g/mol. The highest BCUT2D eigenvalue weighted by Gasteiger charge is 2.17. The summed E-state index contributed by atoms with van der Waals surface area (Å²) in [5.74, 6) is 1.03. The van der Waals surface area contributed by atoms with Gasteiger partial charge in [0.15, 0.2) is 5.84 Å². The second-order valence-electron chi connectivity index (χ2n) is 5.79. The Balaban J connectivity index is 1.83. The second-order valence-corrected chi connectivity index (χ2v) is 5.79. The first kappa shape index (κ1) is 16.0. The van der Waals surface area contributed by atoms with Crippen molar-refractivity contribution in [2.45, 2.75) is 0 Å². The van der Waals surface area contributed by atoms with Gasteiger partial charge in [0.1, 0.15) is 17.3 Å². The molecule has 128 valence electrons. The summed E-state index contributed by atoms with van der Waals surface area (Å²) in [7, 11) is 1.62. The van der Waals surface area contributed by atoms with Gasteiger partial charge in [-0.3, -0.25) is 5.43 Å². The smallest absolute Gasteiger partial charge is 0.154 e. The molecule has 5 heteroatoms. The van der Waals surface area contributed by atoms with E-state index in [1.54, 1.807) is 13.2 Å². The van der Waals surface area contributed by atoms with Gasteiger partial charge in [-0.15, -0.1) is 0 Å². The van der Waals surface area contributed by atoms with Crippen LogP contribution in [0.4, 0.5) is 10.1 Å². The highest BCUT2D eigenvalue weighted by molar-refractivity contribution is 6.17. The molecule has 4 rings (SSSR count). The van der Waals surface area contributed by atoms with Crippen molar-refractivity contribution in [1.29, 1.82) is 0 Å². The van der Waals surface area contributed by atoms with Crippen molar-refractivity contribution in [3.63, 3.8) is 0 Å². The van der Waals surface area contributed by atoms with E-state index in [0.717, 1.165) is 16.9 Å². The number of hydrazone groups is 1. The van der Waals surface area contributed by atoms with E-state index >= 15 is 0 Å². The number of amidine groups is 1. The summed E-state index contributed by atoms with van der Waals surface area (Å²) >= 11 is 0. The highest BCUT2D eigenvalue weighted by Crippen LogP contribution is 2.27. The fraction of sp³-hybridized carbons (Fsp3) is 0.0476. The fourth-order valence-corrected chi connectivity index (χ4v) is 2.80. The van der Waals surface area contributed by atoms with Crippen LogP contribution in [0.5, 0.6) is 5.75 Å². The maximum atomic E-state index is 13.9. The van der Waals surface area contributed by atoms with Crippen LogP contribution in [0, 0.1) is 5.82 Å². The van der Waals surface area contributed by atoms with Gasteiger partial charge < -0.3 is 4.74 Å². The third-order valence-corrected chi connectivity index (χ3v) is 4.13. The molecule has 0 bridgehead atoms. The van der Waals surface area contributed by atoms with Crippen LogP contribution in [0.25, 0.3) is 0 Å². The van der Waals surface area contributed by atoms with Crippen molar-refractivity contribution in [1.82, 2.24) is 5.43 Å². The van der Waals surface area contributed by atoms with Crippen LogP contribution in [-0.2, 0) is 0 Å². The van der Waals surface area contributed by atoms with Crippen molar-refractivity contribution in [2.75, 3.05) is 7.11 Å². The van der Waals surface area contributed by atoms with Gasteiger partial charge in [0.2, 0.25) is 0 Å². The fourth-order valence-electron chi connectivity index (χ4n) is 2.80. The molecule has 3 aromatic carbocycles. The summed E-state index contributed by atoms with van der Waals surface area (Å²) in [6, 6.07) is 21.7. The summed E-state index contributed by atoms with van der Waals surface area (Å²) < 4.78 is 19.1. The summed E-state index contributed by atoms with van der Waals surface area (Å²) in [4.78, 5) is 4.67. The maximum Gasteiger partial charge on any atom is 0.154 e. The van der Waals surface area contributed by atoms with E-state index in [9.17, 15) is 4.39 Å². The Kier molecular flexibility index (Phi) is 4.19. The molecule has 0 fully saturated rings. The van der Waals surface area contributed by atoms with Gasteiger partial charge in [-0.05, 0) is 42.5 Å². The summed E-state index contributed by atoms with van der Waals surface area (Å²) in [5.41, 5.74) is 6.72. The van der Waals surface area contributed by atoms with Crippen molar-refractivity contribution < 1.29 is 9.13 Å². The lowest BCUT2D eigenvalue weighted by molar-refractivity contribution is 0.415. The topological polar surface area (TPSA) is 46.0 Å². The molecule has 26 heavy (non-hydrogen) atoms. The molecule has 0 unspecified atom stereocenters. The van der Waals surface area contributed by atoms with Crippen LogP contribution in [-0.4, -0.2) is 18.7 Å². The Morgan fingerprint density at radius 3 is 2.38 bits per heavy atom. The normalized spacial score (nSPS) is 13.0. The molecule has 0 saturated carbocycles.